The van der Waals surface area contributed by atoms with Crippen LogP contribution in [-0.2, 0) is 0 Å². The molecule has 3 heteroatoms. The Morgan fingerprint density at radius 2 is 2.00 bits per heavy atom. The number of oxime groups is 1. The molecule has 0 unspecified atom stereocenters. The molecule has 3 nitrogen and oxygen atoms in total. The molecule has 1 aliphatic rings. The lowest BCUT2D eigenvalue weighted by atomic mass is 9.75. The average Bonchev–Trinajstić information content (AvgIpc) is 2.38. The average molecular weight is 233 g/mol. The highest BCUT2D eigenvalue weighted by Gasteiger charge is 2.28. The number of ether oxygens (including phenoxy) is 1. The van der Waals surface area contributed by atoms with Crippen molar-refractivity contribution in [3.63, 3.8) is 0 Å². The molecular formula is C14H19NO2. The zero-order chi connectivity index (χ0) is 12.3. The highest BCUT2D eigenvalue weighted by atomic mass is 16.5. The second kappa shape index (κ2) is 5.21. The molecule has 1 N–H and O–H groups in total. The van der Waals surface area contributed by atoms with E-state index in [0.717, 1.165) is 24.3 Å². The number of hydrogen-bond donors (Lipinski definition) is 1. The summed E-state index contributed by atoms with van der Waals surface area (Å²) in [6.45, 7) is 2.22. The molecule has 0 aromatic heterocycles. The molecule has 0 amide bonds. The van der Waals surface area contributed by atoms with Crippen LogP contribution in [0, 0.1) is 5.92 Å². The minimum atomic E-state index is 0.250. The number of rotatable bonds is 2. The molecule has 0 radical (unpaired) electrons. The normalized spacial score (nSPS) is 27.1. The molecule has 0 bridgehead atoms. The van der Waals surface area contributed by atoms with Crippen molar-refractivity contribution >= 4 is 5.71 Å². The van der Waals surface area contributed by atoms with Crippen LogP contribution in [0.5, 0.6) is 5.75 Å². The summed E-state index contributed by atoms with van der Waals surface area (Å²) in [6, 6.07) is 8.06. The summed E-state index contributed by atoms with van der Waals surface area (Å²) in [6.07, 6.45) is 3.21. The largest absolute Gasteiger partial charge is 0.497 e. The Morgan fingerprint density at radius 1 is 1.29 bits per heavy atom. The monoisotopic (exact) mass is 233 g/mol. The van der Waals surface area contributed by atoms with Gasteiger partial charge in [0, 0.05) is 5.92 Å². The van der Waals surface area contributed by atoms with Gasteiger partial charge in [-0.25, -0.2) is 0 Å². The van der Waals surface area contributed by atoms with Gasteiger partial charge in [-0.05, 0) is 42.9 Å². The summed E-state index contributed by atoms with van der Waals surface area (Å²) in [4.78, 5) is 0. The molecule has 0 heterocycles. The zero-order valence-electron chi connectivity index (χ0n) is 10.4. The fourth-order valence-electron chi connectivity index (χ4n) is 2.70. The van der Waals surface area contributed by atoms with Crippen molar-refractivity contribution < 1.29 is 9.94 Å². The molecule has 1 aromatic rings. The van der Waals surface area contributed by atoms with Gasteiger partial charge in [-0.2, -0.15) is 0 Å². The minimum absolute atomic E-state index is 0.250. The quantitative estimate of drug-likeness (QED) is 0.628. The van der Waals surface area contributed by atoms with Crippen molar-refractivity contribution in [1.29, 1.82) is 0 Å². The van der Waals surface area contributed by atoms with Crippen molar-refractivity contribution in [3.05, 3.63) is 29.8 Å². The Kier molecular flexibility index (Phi) is 3.67. The molecule has 1 aromatic carbocycles. The van der Waals surface area contributed by atoms with Gasteiger partial charge in [0.15, 0.2) is 0 Å². The fourth-order valence-corrected chi connectivity index (χ4v) is 2.70. The lowest BCUT2D eigenvalue weighted by molar-refractivity contribution is 0.307. The molecule has 2 atom stereocenters. The first-order valence-electron chi connectivity index (χ1n) is 6.11. The van der Waals surface area contributed by atoms with Gasteiger partial charge in [0.25, 0.3) is 0 Å². The van der Waals surface area contributed by atoms with Crippen molar-refractivity contribution in [1.82, 2.24) is 0 Å². The van der Waals surface area contributed by atoms with E-state index in [2.05, 4.69) is 24.2 Å². The maximum absolute atomic E-state index is 9.10. The predicted molar refractivity (Wildman–Crippen MR) is 68.0 cm³/mol. The standard InChI is InChI=1S/C14H19NO2/c1-10-4-3-5-13(15-16)14(10)11-6-8-12(17-2)9-7-11/h6-10,14,16H,3-5H2,1-2H3/b15-13+/t10-,14-/m0/s1. The van der Waals surface area contributed by atoms with Gasteiger partial charge in [-0.3, -0.25) is 0 Å². The second-order valence-electron chi connectivity index (χ2n) is 4.71. The molecule has 0 spiro atoms. The summed E-state index contributed by atoms with van der Waals surface area (Å²) >= 11 is 0. The van der Waals surface area contributed by atoms with Gasteiger partial charge in [0.2, 0.25) is 0 Å². The summed E-state index contributed by atoms with van der Waals surface area (Å²) in [5.41, 5.74) is 2.12. The van der Waals surface area contributed by atoms with Crippen LogP contribution in [0.2, 0.25) is 0 Å². The molecule has 1 fully saturated rings. The first-order valence-corrected chi connectivity index (χ1v) is 6.11. The molecular weight excluding hydrogens is 214 g/mol. The molecule has 0 saturated heterocycles. The van der Waals surface area contributed by atoms with Gasteiger partial charge < -0.3 is 9.94 Å². The zero-order valence-corrected chi connectivity index (χ0v) is 10.4. The first kappa shape index (κ1) is 12.0. The highest BCUT2D eigenvalue weighted by molar-refractivity contribution is 5.91. The van der Waals surface area contributed by atoms with Gasteiger partial charge in [0.1, 0.15) is 5.75 Å². The summed E-state index contributed by atoms with van der Waals surface area (Å²) in [5.74, 6) is 1.64. The van der Waals surface area contributed by atoms with E-state index >= 15 is 0 Å². The second-order valence-corrected chi connectivity index (χ2v) is 4.71. The lowest BCUT2D eigenvalue weighted by Gasteiger charge is -2.29. The smallest absolute Gasteiger partial charge is 0.118 e. The number of benzene rings is 1. The molecule has 1 aliphatic carbocycles. The maximum Gasteiger partial charge on any atom is 0.118 e. The molecule has 0 aliphatic heterocycles. The van der Waals surface area contributed by atoms with Gasteiger partial charge in [0.05, 0.1) is 12.8 Å². The van der Waals surface area contributed by atoms with Gasteiger partial charge in [-0.15, -0.1) is 0 Å². The van der Waals surface area contributed by atoms with E-state index in [9.17, 15) is 0 Å². The van der Waals surface area contributed by atoms with E-state index in [-0.39, 0.29) is 5.92 Å². The molecule has 92 valence electrons. The SMILES string of the molecule is COc1ccc([C@H]2/C(=N/O)CCC[C@@H]2C)cc1. The highest BCUT2D eigenvalue weighted by Crippen LogP contribution is 2.36. The number of methoxy groups -OCH3 is 1. The van der Waals surface area contributed by atoms with Crippen LogP contribution >= 0.6 is 0 Å². The lowest BCUT2D eigenvalue weighted by Crippen LogP contribution is -2.24. The summed E-state index contributed by atoms with van der Waals surface area (Å²) < 4.78 is 5.16. The predicted octanol–water partition coefficient (Wildman–Crippen LogP) is 3.43. The maximum atomic E-state index is 9.10. The minimum Gasteiger partial charge on any atom is -0.497 e. The van der Waals surface area contributed by atoms with E-state index < -0.39 is 0 Å². The molecule has 17 heavy (non-hydrogen) atoms. The summed E-state index contributed by atoms with van der Waals surface area (Å²) in [5, 5.41) is 12.6. The Hall–Kier alpha value is -1.51. The third-order valence-electron chi connectivity index (χ3n) is 3.62. The van der Waals surface area contributed by atoms with Crippen molar-refractivity contribution in [2.75, 3.05) is 7.11 Å². The van der Waals surface area contributed by atoms with Crippen LogP contribution in [0.4, 0.5) is 0 Å². The first-order chi connectivity index (χ1) is 8.26. The number of nitrogens with zero attached hydrogens (tertiary/aromatic N) is 1. The third-order valence-corrected chi connectivity index (χ3v) is 3.62. The van der Waals surface area contributed by atoms with E-state index in [0.29, 0.717) is 5.92 Å². The Labute approximate surface area is 102 Å². The van der Waals surface area contributed by atoms with Gasteiger partial charge >= 0.3 is 0 Å². The van der Waals surface area contributed by atoms with Crippen LogP contribution in [0.15, 0.2) is 29.4 Å². The fraction of sp³-hybridized carbons (Fsp3) is 0.500. The Balaban J connectivity index is 2.28. The molecule has 2 rings (SSSR count). The van der Waals surface area contributed by atoms with Crippen LogP contribution in [0.3, 0.4) is 0 Å². The van der Waals surface area contributed by atoms with Crippen molar-refractivity contribution in [3.8, 4) is 5.75 Å². The van der Waals surface area contributed by atoms with Crippen molar-refractivity contribution in [2.24, 2.45) is 11.1 Å². The van der Waals surface area contributed by atoms with Crippen molar-refractivity contribution in [2.45, 2.75) is 32.1 Å². The van der Waals surface area contributed by atoms with Crippen LogP contribution in [0.1, 0.15) is 37.7 Å². The van der Waals surface area contributed by atoms with Crippen LogP contribution < -0.4 is 4.74 Å². The van der Waals surface area contributed by atoms with E-state index in [1.165, 1.54) is 12.0 Å². The summed E-state index contributed by atoms with van der Waals surface area (Å²) in [7, 11) is 1.67. The Bertz CT molecular complexity index is 397. The molecule has 1 saturated carbocycles. The third kappa shape index (κ3) is 2.43. The Morgan fingerprint density at radius 3 is 2.59 bits per heavy atom. The topological polar surface area (TPSA) is 41.8 Å². The van der Waals surface area contributed by atoms with Crippen LogP contribution in [0.25, 0.3) is 0 Å². The number of hydrogen-bond acceptors (Lipinski definition) is 3. The van der Waals surface area contributed by atoms with Crippen LogP contribution in [-0.4, -0.2) is 18.0 Å². The van der Waals surface area contributed by atoms with Gasteiger partial charge in [-0.1, -0.05) is 24.2 Å². The van der Waals surface area contributed by atoms with E-state index in [1.54, 1.807) is 7.11 Å². The van der Waals surface area contributed by atoms with E-state index in [4.69, 9.17) is 9.94 Å². The van der Waals surface area contributed by atoms with E-state index in [1.807, 2.05) is 12.1 Å².